The molecule has 0 N–H and O–H groups in total. The van der Waals surface area contributed by atoms with E-state index < -0.39 is 0 Å². The molecule has 96 valence electrons. The van der Waals surface area contributed by atoms with Crippen molar-refractivity contribution in [2.75, 3.05) is 0 Å². The summed E-state index contributed by atoms with van der Waals surface area (Å²) in [6.45, 7) is 4.73. The van der Waals surface area contributed by atoms with Crippen LogP contribution in [0.2, 0.25) is 0 Å². The standard InChI is InChI=1S/C18H18Se/c1-13-14(2)18(19-16-11-7-4-8-12-16)17(13)15-9-5-3-6-10-15/h3-14H,1-2H3/t13-,14-/m1/s1. The third kappa shape index (κ3) is 2.41. The average Bonchev–Trinajstić information content (AvgIpc) is 2.48. The Morgan fingerprint density at radius 3 is 1.95 bits per heavy atom. The van der Waals surface area contributed by atoms with Crippen molar-refractivity contribution in [3.63, 3.8) is 0 Å². The van der Waals surface area contributed by atoms with E-state index in [4.69, 9.17) is 0 Å². The molecule has 0 amide bonds. The topological polar surface area (TPSA) is 0 Å². The summed E-state index contributed by atoms with van der Waals surface area (Å²) in [5, 5.41) is 0. The van der Waals surface area contributed by atoms with E-state index in [0.717, 1.165) is 5.92 Å². The maximum absolute atomic E-state index is 2.37. The molecular weight excluding hydrogens is 295 g/mol. The first-order chi connectivity index (χ1) is 9.27. The van der Waals surface area contributed by atoms with Gasteiger partial charge in [0.1, 0.15) is 0 Å². The summed E-state index contributed by atoms with van der Waals surface area (Å²) in [7, 11) is 0. The quantitative estimate of drug-likeness (QED) is 0.758. The molecule has 1 aliphatic rings. The summed E-state index contributed by atoms with van der Waals surface area (Å²) in [5.41, 5.74) is 3.01. The molecule has 0 spiro atoms. The number of benzene rings is 2. The molecule has 0 aromatic heterocycles. The molecule has 3 rings (SSSR count). The predicted molar refractivity (Wildman–Crippen MR) is 83.5 cm³/mol. The average molecular weight is 313 g/mol. The first-order valence-corrected chi connectivity index (χ1v) is 8.51. The van der Waals surface area contributed by atoms with Gasteiger partial charge in [-0.2, -0.15) is 0 Å². The molecule has 0 saturated heterocycles. The van der Waals surface area contributed by atoms with E-state index in [1.54, 1.807) is 10.0 Å². The molecule has 0 bridgehead atoms. The number of hydrogen-bond acceptors (Lipinski definition) is 0. The van der Waals surface area contributed by atoms with Gasteiger partial charge in [-0.3, -0.25) is 0 Å². The van der Waals surface area contributed by atoms with Gasteiger partial charge in [0.05, 0.1) is 0 Å². The van der Waals surface area contributed by atoms with E-state index in [9.17, 15) is 0 Å². The zero-order valence-corrected chi connectivity index (χ0v) is 13.0. The van der Waals surface area contributed by atoms with Crippen LogP contribution in [0.15, 0.2) is 65.1 Å². The molecule has 0 unspecified atom stereocenters. The second-order valence-corrected chi connectivity index (χ2v) is 7.48. The fourth-order valence-electron chi connectivity index (χ4n) is 2.64. The van der Waals surface area contributed by atoms with Gasteiger partial charge in [0.15, 0.2) is 0 Å². The first-order valence-electron chi connectivity index (χ1n) is 6.79. The van der Waals surface area contributed by atoms with Gasteiger partial charge < -0.3 is 0 Å². The van der Waals surface area contributed by atoms with Crippen LogP contribution >= 0.6 is 0 Å². The van der Waals surface area contributed by atoms with Crippen molar-refractivity contribution in [3.05, 3.63) is 70.7 Å². The summed E-state index contributed by atoms with van der Waals surface area (Å²) < 4.78 is 3.16. The van der Waals surface area contributed by atoms with Crippen molar-refractivity contribution in [1.82, 2.24) is 0 Å². The van der Waals surface area contributed by atoms with Gasteiger partial charge in [-0.05, 0) is 0 Å². The number of allylic oxidation sites excluding steroid dienone is 2. The second kappa shape index (κ2) is 5.36. The van der Waals surface area contributed by atoms with Crippen LogP contribution in [0, 0.1) is 11.8 Å². The predicted octanol–water partition coefficient (Wildman–Crippen LogP) is 3.71. The van der Waals surface area contributed by atoms with Crippen molar-refractivity contribution in [3.8, 4) is 0 Å². The van der Waals surface area contributed by atoms with E-state index in [2.05, 4.69) is 74.5 Å². The molecule has 2 atom stereocenters. The van der Waals surface area contributed by atoms with Crippen LogP contribution in [-0.4, -0.2) is 15.0 Å². The Kier molecular flexibility index (Phi) is 3.59. The molecular formula is C18H18Se. The van der Waals surface area contributed by atoms with Gasteiger partial charge in [-0.25, -0.2) is 0 Å². The molecule has 1 aliphatic carbocycles. The maximum atomic E-state index is 2.37. The number of rotatable bonds is 3. The molecule has 1 heteroatoms. The van der Waals surface area contributed by atoms with Crippen LogP contribution in [0.1, 0.15) is 19.4 Å². The minimum absolute atomic E-state index is 0.471. The third-order valence-electron chi connectivity index (χ3n) is 3.94. The van der Waals surface area contributed by atoms with Gasteiger partial charge in [-0.15, -0.1) is 0 Å². The van der Waals surface area contributed by atoms with E-state index in [1.807, 2.05) is 0 Å². The van der Waals surface area contributed by atoms with Gasteiger partial charge in [-0.1, -0.05) is 0 Å². The zero-order valence-electron chi connectivity index (χ0n) is 11.3. The Balaban J connectivity index is 1.95. The van der Waals surface area contributed by atoms with Crippen LogP contribution < -0.4 is 4.46 Å². The molecule has 2 aromatic rings. The first kappa shape index (κ1) is 12.7. The van der Waals surface area contributed by atoms with Crippen LogP contribution in [0.5, 0.6) is 0 Å². The fourth-order valence-corrected chi connectivity index (χ4v) is 5.47. The van der Waals surface area contributed by atoms with E-state index >= 15 is 0 Å². The molecule has 0 aliphatic heterocycles. The van der Waals surface area contributed by atoms with Crippen molar-refractivity contribution in [2.24, 2.45) is 11.8 Å². The monoisotopic (exact) mass is 314 g/mol. The Labute approximate surface area is 121 Å². The minimum atomic E-state index is 0.471. The van der Waals surface area contributed by atoms with E-state index in [1.165, 1.54) is 10.0 Å². The van der Waals surface area contributed by atoms with Gasteiger partial charge >= 0.3 is 121 Å². The third-order valence-corrected chi connectivity index (χ3v) is 6.71. The molecule has 0 saturated carbocycles. The van der Waals surface area contributed by atoms with Crippen LogP contribution in [0.4, 0.5) is 0 Å². The van der Waals surface area contributed by atoms with Crippen molar-refractivity contribution >= 4 is 25.0 Å². The molecule has 0 fully saturated rings. The zero-order chi connectivity index (χ0) is 13.2. The van der Waals surface area contributed by atoms with Crippen molar-refractivity contribution < 1.29 is 0 Å². The molecule has 2 aromatic carbocycles. The van der Waals surface area contributed by atoms with E-state index in [0.29, 0.717) is 20.9 Å². The summed E-state index contributed by atoms with van der Waals surface area (Å²) >= 11 is 0.471. The van der Waals surface area contributed by atoms with Crippen molar-refractivity contribution in [1.29, 1.82) is 0 Å². The van der Waals surface area contributed by atoms with E-state index in [-0.39, 0.29) is 0 Å². The van der Waals surface area contributed by atoms with Crippen LogP contribution in [0.3, 0.4) is 0 Å². The molecule has 0 nitrogen and oxygen atoms in total. The normalized spacial score (nSPS) is 22.2. The Morgan fingerprint density at radius 2 is 1.32 bits per heavy atom. The Bertz CT molecular complexity index is 584. The second-order valence-electron chi connectivity index (χ2n) is 5.14. The molecule has 0 heterocycles. The summed E-state index contributed by atoms with van der Waals surface area (Å²) in [4.78, 5) is 0. The fraction of sp³-hybridized carbons (Fsp3) is 0.222. The molecule has 19 heavy (non-hydrogen) atoms. The Morgan fingerprint density at radius 1 is 0.737 bits per heavy atom. The van der Waals surface area contributed by atoms with Crippen molar-refractivity contribution in [2.45, 2.75) is 13.8 Å². The summed E-state index contributed by atoms with van der Waals surface area (Å²) in [6, 6.07) is 21.8. The Hall–Kier alpha value is -1.30. The van der Waals surface area contributed by atoms with Gasteiger partial charge in [0.25, 0.3) is 0 Å². The number of hydrogen-bond donors (Lipinski definition) is 0. The molecule has 0 radical (unpaired) electrons. The summed E-state index contributed by atoms with van der Waals surface area (Å²) in [5.74, 6) is 1.43. The summed E-state index contributed by atoms with van der Waals surface area (Å²) in [6.07, 6.45) is 0. The van der Waals surface area contributed by atoms with Crippen LogP contribution in [-0.2, 0) is 0 Å². The van der Waals surface area contributed by atoms with Crippen LogP contribution in [0.25, 0.3) is 5.57 Å². The van der Waals surface area contributed by atoms with Gasteiger partial charge in [0, 0.05) is 0 Å². The van der Waals surface area contributed by atoms with Gasteiger partial charge in [0.2, 0.25) is 0 Å². The SMILES string of the molecule is C[C@H]1C([Se]c2ccccc2)=C(c2ccccc2)[C@@H]1C.